The van der Waals surface area contributed by atoms with Crippen LogP contribution in [0.5, 0.6) is 0 Å². The number of nitrogens with one attached hydrogen (secondary N) is 3. The van der Waals surface area contributed by atoms with E-state index in [1.165, 1.54) is 13.0 Å². The highest BCUT2D eigenvalue weighted by molar-refractivity contribution is 7.91. The molecule has 0 aliphatic carbocycles. The summed E-state index contributed by atoms with van der Waals surface area (Å²) in [6.45, 7) is 5.25. The number of hydrogen-bond donors (Lipinski definition) is 3. The number of para-hydroxylation sites is 1. The molecule has 3 N–H and O–H groups in total. The van der Waals surface area contributed by atoms with Crippen molar-refractivity contribution in [1.82, 2.24) is 10.0 Å². The van der Waals surface area contributed by atoms with Crippen LogP contribution in [0.4, 0.5) is 5.69 Å². The molecule has 1 aromatic heterocycles. The van der Waals surface area contributed by atoms with Crippen molar-refractivity contribution in [2.45, 2.75) is 17.2 Å². The number of anilines is 1. The van der Waals surface area contributed by atoms with E-state index in [0.717, 1.165) is 11.3 Å². The number of benzene rings is 1. The van der Waals surface area contributed by atoms with Crippen molar-refractivity contribution in [3.05, 3.63) is 60.0 Å². The van der Waals surface area contributed by atoms with Gasteiger partial charge in [0.25, 0.3) is 15.9 Å². The third-order valence-corrected chi connectivity index (χ3v) is 6.26. The second-order valence-corrected chi connectivity index (χ2v) is 8.20. The van der Waals surface area contributed by atoms with E-state index < -0.39 is 22.0 Å². The number of sulfonamides is 1. The van der Waals surface area contributed by atoms with E-state index in [-0.39, 0.29) is 22.2 Å². The van der Waals surface area contributed by atoms with Crippen LogP contribution in [0.2, 0.25) is 0 Å². The minimum absolute atomic E-state index is 0.126. The lowest BCUT2D eigenvalue weighted by Crippen LogP contribution is -2.41. The van der Waals surface area contributed by atoms with Crippen LogP contribution in [0.1, 0.15) is 17.3 Å². The average Bonchev–Trinajstić information content (AvgIpc) is 3.15. The molecule has 26 heavy (non-hydrogen) atoms. The molecule has 0 bridgehead atoms. The highest BCUT2D eigenvalue weighted by Crippen LogP contribution is 2.17. The molecular formula is C17H19N3O4S2. The normalized spacial score (nSPS) is 12.2. The van der Waals surface area contributed by atoms with E-state index in [1.54, 1.807) is 41.8 Å². The lowest BCUT2D eigenvalue weighted by Gasteiger charge is -2.15. The summed E-state index contributed by atoms with van der Waals surface area (Å²) in [6.07, 6.45) is 1.54. The Kier molecular flexibility index (Phi) is 6.67. The van der Waals surface area contributed by atoms with Gasteiger partial charge in [-0.25, -0.2) is 8.42 Å². The van der Waals surface area contributed by atoms with Gasteiger partial charge in [0.15, 0.2) is 0 Å². The largest absolute Gasteiger partial charge is 0.349 e. The standard InChI is InChI=1S/C17H19N3O4S2/c1-3-10-18-17(22)13-7-4-5-8-14(13)19-16(21)12(2)20-26(23,24)15-9-6-11-25-15/h3-9,11-12,20H,1,10H2,2H3,(H,18,22)(H,19,21). The van der Waals surface area contributed by atoms with Gasteiger partial charge in [0.1, 0.15) is 4.21 Å². The van der Waals surface area contributed by atoms with Crippen LogP contribution in [0, 0.1) is 0 Å². The Balaban J connectivity index is 2.10. The fourth-order valence-electron chi connectivity index (χ4n) is 2.05. The van der Waals surface area contributed by atoms with Gasteiger partial charge in [0.2, 0.25) is 5.91 Å². The van der Waals surface area contributed by atoms with E-state index in [1.807, 2.05) is 0 Å². The third kappa shape index (κ3) is 5.01. The monoisotopic (exact) mass is 393 g/mol. The van der Waals surface area contributed by atoms with Crippen molar-refractivity contribution in [2.24, 2.45) is 0 Å². The number of carbonyl (C=O) groups excluding carboxylic acids is 2. The first-order chi connectivity index (χ1) is 12.3. The summed E-state index contributed by atoms with van der Waals surface area (Å²) in [5.41, 5.74) is 0.567. The molecule has 0 fully saturated rings. The number of thiophene rings is 1. The molecule has 0 radical (unpaired) electrons. The Labute approximate surface area is 156 Å². The Morgan fingerprint density at radius 2 is 1.96 bits per heavy atom. The summed E-state index contributed by atoms with van der Waals surface area (Å²) in [5.74, 6) is -0.943. The molecule has 1 aromatic carbocycles. The zero-order valence-corrected chi connectivity index (χ0v) is 15.7. The van der Waals surface area contributed by atoms with Gasteiger partial charge >= 0.3 is 0 Å². The van der Waals surface area contributed by atoms with Crippen molar-refractivity contribution in [3.8, 4) is 0 Å². The Hall–Kier alpha value is -2.49. The predicted octanol–water partition coefficient (Wildman–Crippen LogP) is 1.97. The smallest absolute Gasteiger partial charge is 0.253 e. The molecule has 0 aliphatic rings. The van der Waals surface area contributed by atoms with E-state index >= 15 is 0 Å². The van der Waals surface area contributed by atoms with Gasteiger partial charge in [-0.05, 0) is 30.5 Å². The Morgan fingerprint density at radius 1 is 1.23 bits per heavy atom. The molecule has 0 spiro atoms. The number of amides is 2. The van der Waals surface area contributed by atoms with Crippen LogP contribution >= 0.6 is 11.3 Å². The minimum Gasteiger partial charge on any atom is -0.349 e. The van der Waals surface area contributed by atoms with Crippen molar-refractivity contribution in [1.29, 1.82) is 0 Å². The van der Waals surface area contributed by atoms with Gasteiger partial charge in [-0.15, -0.1) is 17.9 Å². The average molecular weight is 393 g/mol. The molecule has 2 amide bonds. The molecule has 1 heterocycles. The lowest BCUT2D eigenvalue weighted by molar-refractivity contribution is -0.117. The molecule has 1 unspecified atom stereocenters. The molecule has 0 saturated heterocycles. The highest BCUT2D eigenvalue weighted by Gasteiger charge is 2.23. The number of carbonyl (C=O) groups is 2. The number of hydrogen-bond acceptors (Lipinski definition) is 5. The van der Waals surface area contributed by atoms with Crippen molar-refractivity contribution in [3.63, 3.8) is 0 Å². The predicted molar refractivity (Wildman–Crippen MR) is 102 cm³/mol. The fraction of sp³-hybridized carbons (Fsp3) is 0.176. The highest BCUT2D eigenvalue weighted by atomic mass is 32.2. The summed E-state index contributed by atoms with van der Waals surface area (Å²) < 4.78 is 26.8. The SMILES string of the molecule is C=CCNC(=O)c1ccccc1NC(=O)C(C)NS(=O)(=O)c1cccs1. The van der Waals surface area contributed by atoms with Crippen LogP contribution in [-0.4, -0.2) is 32.8 Å². The molecule has 7 nitrogen and oxygen atoms in total. The quantitative estimate of drug-likeness (QED) is 0.597. The van der Waals surface area contributed by atoms with E-state index in [0.29, 0.717) is 5.69 Å². The van der Waals surface area contributed by atoms with Crippen molar-refractivity contribution < 1.29 is 18.0 Å². The molecule has 0 aliphatic heterocycles. The first-order valence-corrected chi connectivity index (χ1v) is 10.1. The Morgan fingerprint density at radius 3 is 2.62 bits per heavy atom. The summed E-state index contributed by atoms with van der Waals surface area (Å²) in [4.78, 5) is 24.5. The third-order valence-electron chi connectivity index (χ3n) is 3.32. The van der Waals surface area contributed by atoms with Gasteiger partial charge in [0.05, 0.1) is 17.3 Å². The van der Waals surface area contributed by atoms with Crippen molar-refractivity contribution in [2.75, 3.05) is 11.9 Å². The van der Waals surface area contributed by atoms with Gasteiger partial charge in [-0.1, -0.05) is 24.3 Å². The summed E-state index contributed by atoms with van der Waals surface area (Å²) in [7, 11) is -3.77. The zero-order valence-electron chi connectivity index (χ0n) is 14.1. The van der Waals surface area contributed by atoms with E-state index in [4.69, 9.17) is 0 Å². The van der Waals surface area contributed by atoms with Crippen LogP contribution in [0.3, 0.4) is 0 Å². The second-order valence-electron chi connectivity index (χ2n) is 5.31. The van der Waals surface area contributed by atoms with Gasteiger partial charge < -0.3 is 10.6 Å². The number of rotatable bonds is 8. The van der Waals surface area contributed by atoms with Gasteiger partial charge in [0, 0.05) is 6.54 Å². The first kappa shape index (κ1) is 19.8. The van der Waals surface area contributed by atoms with Crippen LogP contribution in [-0.2, 0) is 14.8 Å². The van der Waals surface area contributed by atoms with Gasteiger partial charge in [-0.3, -0.25) is 9.59 Å². The Bertz CT molecular complexity index is 892. The molecular weight excluding hydrogens is 374 g/mol. The molecule has 9 heteroatoms. The lowest BCUT2D eigenvalue weighted by atomic mass is 10.1. The molecule has 138 valence electrons. The molecule has 0 saturated carbocycles. The minimum atomic E-state index is -3.77. The molecule has 2 aromatic rings. The topological polar surface area (TPSA) is 104 Å². The van der Waals surface area contributed by atoms with E-state index in [9.17, 15) is 18.0 Å². The second kappa shape index (κ2) is 8.75. The summed E-state index contributed by atoms with van der Waals surface area (Å²) in [6, 6.07) is 8.52. The van der Waals surface area contributed by atoms with Crippen molar-refractivity contribution >= 4 is 38.9 Å². The zero-order chi connectivity index (χ0) is 19.2. The summed E-state index contributed by atoms with van der Waals surface area (Å²) >= 11 is 1.06. The maximum Gasteiger partial charge on any atom is 0.253 e. The maximum atomic E-state index is 12.4. The van der Waals surface area contributed by atoms with E-state index in [2.05, 4.69) is 21.9 Å². The summed E-state index contributed by atoms with van der Waals surface area (Å²) in [5, 5.41) is 6.85. The maximum absolute atomic E-state index is 12.4. The van der Waals surface area contributed by atoms with Crippen LogP contribution in [0.15, 0.2) is 58.6 Å². The van der Waals surface area contributed by atoms with Gasteiger partial charge in [-0.2, -0.15) is 4.72 Å². The van der Waals surface area contributed by atoms with Crippen LogP contribution < -0.4 is 15.4 Å². The first-order valence-electron chi connectivity index (χ1n) is 7.70. The van der Waals surface area contributed by atoms with Crippen LogP contribution in [0.25, 0.3) is 0 Å². The molecule has 1 atom stereocenters. The fourth-order valence-corrected chi connectivity index (χ4v) is 4.26. The molecule has 2 rings (SSSR count).